The summed E-state index contributed by atoms with van der Waals surface area (Å²) in [5.41, 5.74) is 1.13. The van der Waals surface area contributed by atoms with E-state index < -0.39 is 15.9 Å². The van der Waals surface area contributed by atoms with E-state index in [1.54, 1.807) is 43.3 Å². The van der Waals surface area contributed by atoms with Crippen molar-refractivity contribution in [3.8, 4) is 5.88 Å². The number of nitrogens with one attached hydrogen (secondary N) is 1. The molecule has 0 aliphatic rings. The first-order valence-corrected chi connectivity index (χ1v) is 9.49. The first-order valence-electron chi connectivity index (χ1n) is 7.37. The lowest BCUT2D eigenvalue weighted by atomic mass is 10.2. The number of hydrogen-bond acceptors (Lipinski definition) is 5. The number of nitrogens with zero attached hydrogens (tertiary/aromatic N) is 2. The molecule has 1 heterocycles. The lowest BCUT2D eigenvalue weighted by Crippen LogP contribution is -2.48. The Morgan fingerprint density at radius 1 is 1.28 bits per heavy atom. The van der Waals surface area contributed by atoms with Gasteiger partial charge in [0.2, 0.25) is 15.9 Å². The minimum Gasteiger partial charge on any atom is -0.449 e. The lowest BCUT2D eigenvalue weighted by Gasteiger charge is -2.26. The first kappa shape index (κ1) is 20.1. The van der Waals surface area contributed by atoms with Crippen molar-refractivity contribution in [2.24, 2.45) is 0 Å². The fourth-order valence-corrected chi connectivity index (χ4v) is 2.78. The van der Waals surface area contributed by atoms with Gasteiger partial charge in [0, 0.05) is 17.3 Å². The van der Waals surface area contributed by atoms with Gasteiger partial charge in [-0.25, -0.2) is 4.98 Å². The van der Waals surface area contributed by atoms with Crippen molar-refractivity contribution in [1.29, 1.82) is 0 Å². The van der Waals surface area contributed by atoms with Crippen LogP contribution < -0.4 is 10.1 Å². The van der Waals surface area contributed by atoms with E-state index in [0.717, 1.165) is 5.75 Å². The summed E-state index contributed by atoms with van der Waals surface area (Å²) in [5, 5.41) is 3.12. The van der Waals surface area contributed by atoms with Crippen LogP contribution in [0.3, 0.4) is 0 Å². The Morgan fingerprint density at radius 3 is 2.56 bits per heavy atom. The summed E-state index contributed by atoms with van der Waals surface area (Å²) in [7, 11) is 0. The number of rotatable bonds is 6. The summed E-state index contributed by atoms with van der Waals surface area (Å²) in [6.07, 6.45) is -1.22. The van der Waals surface area contributed by atoms with Gasteiger partial charge in [-0.1, -0.05) is 71.7 Å². The average molecular weight is 421 g/mol. The van der Waals surface area contributed by atoms with E-state index in [1.165, 1.54) is 11.8 Å². The number of halogens is 3. The van der Waals surface area contributed by atoms with Crippen molar-refractivity contribution in [2.75, 3.05) is 5.75 Å². The number of aromatic nitrogens is 2. The predicted molar refractivity (Wildman–Crippen MR) is 102 cm³/mol. The van der Waals surface area contributed by atoms with Gasteiger partial charge in [-0.05, 0) is 24.8 Å². The van der Waals surface area contributed by atoms with E-state index in [-0.39, 0.29) is 5.88 Å². The average Bonchev–Trinajstić information content (AvgIpc) is 2.54. The highest BCUT2D eigenvalue weighted by Crippen LogP contribution is 2.32. The second-order valence-corrected chi connectivity index (χ2v) is 8.54. The van der Waals surface area contributed by atoms with Crippen LogP contribution in [0, 0.1) is 6.92 Å². The Balaban J connectivity index is 2.20. The summed E-state index contributed by atoms with van der Waals surface area (Å²) >= 11 is 19.4. The SMILES string of the molecule is CCSc1nc(C)cc(O[C@@H](NC(=O)c2ccccc2)C(Cl)(Cl)Cl)n1. The third-order valence-electron chi connectivity index (χ3n) is 2.92. The minimum atomic E-state index is -1.89. The molecule has 0 aliphatic heterocycles. The maximum absolute atomic E-state index is 12.3. The molecule has 1 aromatic heterocycles. The maximum atomic E-state index is 12.3. The van der Waals surface area contributed by atoms with Crippen molar-refractivity contribution in [1.82, 2.24) is 15.3 Å². The molecule has 25 heavy (non-hydrogen) atoms. The van der Waals surface area contributed by atoms with E-state index in [4.69, 9.17) is 39.5 Å². The van der Waals surface area contributed by atoms with Crippen molar-refractivity contribution >= 4 is 52.5 Å². The molecule has 9 heteroatoms. The van der Waals surface area contributed by atoms with Gasteiger partial charge in [-0.15, -0.1) is 0 Å². The van der Waals surface area contributed by atoms with Crippen LogP contribution >= 0.6 is 46.6 Å². The second kappa shape index (κ2) is 8.94. The zero-order valence-electron chi connectivity index (χ0n) is 13.5. The van der Waals surface area contributed by atoms with Crippen molar-refractivity contribution < 1.29 is 9.53 Å². The molecule has 1 N–H and O–H groups in total. The van der Waals surface area contributed by atoms with E-state index in [0.29, 0.717) is 16.4 Å². The molecule has 2 aromatic rings. The summed E-state index contributed by atoms with van der Waals surface area (Å²) in [6.45, 7) is 3.79. The van der Waals surface area contributed by atoms with Crippen molar-refractivity contribution in [2.45, 2.75) is 29.0 Å². The Kier molecular flexibility index (Phi) is 7.19. The standard InChI is InChI=1S/C16H16Cl3N3O2S/c1-3-25-15-20-10(2)9-12(21-15)24-14(16(17,18)19)22-13(23)11-7-5-4-6-8-11/h4-9,14H,3H2,1-2H3,(H,22,23)/t14-/m1/s1. The van der Waals surface area contributed by atoms with Gasteiger partial charge in [0.1, 0.15) is 0 Å². The Hall–Kier alpha value is -1.21. The van der Waals surface area contributed by atoms with Crippen LogP contribution in [-0.4, -0.2) is 31.6 Å². The Bertz CT molecular complexity index is 726. The summed E-state index contributed by atoms with van der Waals surface area (Å²) < 4.78 is 3.76. The van der Waals surface area contributed by atoms with Crippen LogP contribution in [0.5, 0.6) is 5.88 Å². The highest BCUT2D eigenvalue weighted by molar-refractivity contribution is 7.99. The molecule has 1 aromatic carbocycles. The van der Waals surface area contributed by atoms with Gasteiger partial charge in [0.15, 0.2) is 5.16 Å². The molecular weight excluding hydrogens is 405 g/mol. The second-order valence-electron chi connectivity index (χ2n) is 4.94. The number of benzene rings is 1. The van der Waals surface area contributed by atoms with Crippen LogP contribution in [0.25, 0.3) is 0 Å². The highest BCUT2D eigenvalue weighted by atomic mass is 35.6. The topological polar surface area (TPSA) is 64.1 Å². The highest BCUT2D eigenvalue weighted by Gasteiger charge is 2.37. The monoisotopic (exact) mass is 419 g/mol. The Labute approximate surface area is 165 Å². The molecule has 1 atom stereocenters. The van der Waals surface area contributed by atoms with Crippen LogP contribution in [0.2, 0.25) is 0 Å². The lowest BCUT2D eigenvalue weighted by molar-refractivity contribution is 0.0824. The molecule has 134 valence electrons. The van der Waals surface area contributed by atoms with Gasteiger partial charge in [-0.2, -0.15) is 4.98 Å². The largest absolute Gasteiger partial charge is 0.449 e. The number of aryl methyl sites for hydroxylation is 1. The smallest absolute Gasteiger partial charge is 0.254 e. The molecule has 0 bridgehead atoms. The molecule has 2 rings (SSSR count). The third-order valence-corrected chi connectivity index (χ3v) is 4.24. The molecule has 0 saturated heterocycles. The molecule has 5 nitrogen and oxygen atoms in total. The van der Waals surface area contributed by atoms with Crippen LogP contribution in [-0.2, 0) is 0 Å². The van der Waals surface area contributed by atoms with E-state index in [1.807, 2.05) is 6.92 Å². The van der Waals surface area contributed by atoms with E-state index in [2.05, 4.69) is 15.3 Å². The molecule has 0 radical (unpaired) electrons. The fourth-order valence-electron chi connectivity index (χ4n) is 1.86. The number of alkyl halides is 3. The summed E-state index contributed by atoms with van der Waals surface area (Å²) in [5.74, 6) is 0.598. The number of ether oxygens (including phenoxy) is 1. The molecule has 0 saturated carbocycles. The molecular formula is C16H16Cl3N3O2S. The summed E-state index contributed by atoms with van der Waals surface area (Å²) in [4.78, 5) is 20.9. The van der Waals surface area contributed by atoms with E-state index in [9.17, 15) is 4.79 Å². The van der Waals surface area contributed by atoms with Gasteiger partial charge >= 0.3 is 0 Å². The minimum absolute atomic E-state index is 0.216. The van der Waals surface area contributed by atoms with Gasteiger partial charge in [0.25, 0.3) is 5.91 Å². The normalized spacial score (nSPS) is 12.5. The van der Waals surface area contributed by atoms with Crippen LogP contribution in [0.4, 0.5) is 0 Å². The quantitative estimate of drug-likeness (QED) is 0.325. The van der Waals surface area contributed by atoms with Crippen LogP contribution in [0.1, 0.15) is 23.0 Å². The number of carbonyl (C=O) groups is 1. The number of thioether (sulfide) groups is 1. The number of amides is 1. The zero-order chi connectivity index (χ0) is 18.4. The molecule has 0 aliphatic carbocycles. The van der Waals surface area contributed by atoms with Gasteiger partial charge in [-0.3, -0.25) is 4.79 Å². The van der Waals surface area contributed by atoms with Crippen molar-refractivity contribution in [3.63, 3.8) is 0 Å². The van der Waals surface area contributed by atoms with E-state index >= 15 is 0 Å². The summed E-state index contributed by atoms with van der Waals surface area (Å²) in [6, 6.07) is 10.2. The van der Waals surface area contributed by atoms with Gasteiger partial charge in [0.05, 0.1) is 0 Å². The van der Waals surface area contributed by atoms with Crippen molar-refractivity contribution in [3.05, 3.63) is 47.7 Å². The van der Waals surface area contributed by atoms with Crippen LogP contribution in [0.15, 0.2) is 41.6 Å². The molecule has 0 fully saturated rings. The number of hydrogen-bond donors (Lipinski definition) is 1. The molecule has 0 unspecified atom stereocenters. The molecule has 1 amide bonds. The fraction of sp³-hybridized carbons (Fsp3) is 0.312. The third kappa shape index (κ3) is 6.22. The zero-order valence-corrected chi connectivity index (χ0v) is 16.6. The van der Waals surface area contributed by atoms with Gasteiger partial charge < -0.3 is 10.1 Å². The number of carbonyl (C=O) groups excluding carboxylic acids is 1. The maximum Gasteiger partial charge on any atom is 0.254 e. The molecule has 0 spiro atoms. The first-order chi connectivity index (χ1) is 11.8. The Morgan fingerprint density at radius 2 is 1.96 bits per heavy atom. The predicted octanol–water partition coefficient (Wildman–Crippen LogP) is 4.40.